The van der Waals surface area contributed by atoms with Crippen molar-refractivity contribution in [3.8, 4) is 11.4 Å². The molecule has 2 aromatic rings. The number of nitrogens with two attached hydrogens (primary N) is 1. The molecule has 0 bridgehead atoms. The Balaban J connectivity index is 2.16. The van der Waals surface area contributed by atoms with E-state index in [9.17, 15) is 0 Å². The fourth-order valence-electron chi connectivity index (χ4n) is 2.11. The first-order chi connectivity index (χ1) is 8.69. The normalized spacial score (nSPS) is 13.7. The van der Waals surface area contributed by atoms with Gasteiger partial charge in [-0.1, -0.05) is 0 Å². The fourth-order valence-corrected chi connectivity index (χ4v) is 3.15. The number of aromatic nitrogens is 4. The zero-order valence-electron chi connectivity index (χ0n) is 10.3. The number of rotatable bonds is 2. The highest BCUT2D eigenvalue weighted by molar-refractivity contribution is 7.98. The largest absolute Gasteiger partial charge is 0.308 e. The van der Waals surface area contributed by atoms with Crippen molar-refractivity contribution in [2.75, 3.05) is 5.43 Å². The lowest BCUT2D eigenvalue weighted by atomic mass is 10.2. The van der Waals surface area contributed by atoms with Crippen LogP contribution in [0.2, 0.25) is 0 Å². The van der Waals surface area contributed by atoms with Crippen molar-refractivity contribution in [2.24, 2.45) is 12.9 Å². The third kappa shape index (κ3) is 1.75. The molecule has 7 heteroatoms. The van der Waals surface area contributed by atoms with Crippen LogP contribution in [0.15, 0.2) is 6.20 Å². The summed E-state index contributed by atoms with van der Waals surface area (Å²) in [6.07, 6.45) is 1.93. The monoisotopic (exact) mass is 262 g/mol. The average Bonchev–Trinajstić information content (AvgIpc) is 2.93. The molecule has 1 aliphatic heterocycles. The summed E-state index contributed by atoms with van der Waals surface area (Å²) in [7, 11) is 1.89. The highest BCUT2D eigenvalue weighted by Crippen LogP contribution is 2.34. The molecule has 0 amide bonds. The SMILES string of the molecule is Cc1nn(C)cc1-c1nc2c(c(NN)n1)CSC2. The van der Waals surface area contributed by atoms with Crippen molar-refractivity contribution in [1.29, 1.82) is 0 Å². The Morgan fingerprint density at radius 1 is 1.39 bits per heavy atom. The van der Waals surface area contributed by atoms with Gasteiger partial charge < -0.3 is 5.43 Å². The molecule has 18 heavy (non-hydrogen) atoms. The summed E-state index contributed by atoms with van der Waals surface area (Å²) in [4.78, 5) is 9.12. The highest BCUT2D eigenvalue weighted by atomic mass is 32.2. The third-order valence-electron chi connectivity index (χ3n) is 2.97. The number of nitrogens with zero attached hydrogens (tertiary/aromatic N) is 4. The van der Waals surface area contributed by atoms with Gasteiger partial charge in [-0.3, -0.25) is 4.68 Å². The zero-order valence-corrected chi connectivity index (χ0v) is 11.1. The van der Waals surface area contributed by atoms with E-state index in [0.29, 0.717) is 5.82 Å². The van der Waals surface area contributed by atoms with Gasteiger partial charge in [0.25, 0.3) is 0 Å². The van der Waals surface area contributed by atoms with E-state index < -0.39 is 0 Å². The molecule has 0 atom stereocenters. The maximum absolute atomic E-state index is 5.54. The molecule has 0 spiro atoms. The first-order valence-corrected chi connectivity index (χ1v) is 6.79. The molecule has 0 saturated carbocycles. The minimum atomic E-state index is 0.690. The summed E-state index contributed by atoms with van der Waals surface area (Å²) in [6.45, 7) is 1.95. The van der Waals surface area contributed by atoms with Crippen LogP contribution < -0.4 is 11.3 Å². The van der Waals surface area contributed by atoms with Gasteiger partial charge in [0.05, 0.1) is 17.0 Å². The molecule has 2 aromatic heterocycles. The Morgan fingerprint density at radius 2 is 2.22 bits per heavy atom. The molecular weight excluding hydrogens is 248 g/mol. The minimum absolute atomic E-state index is 0.690. The van der Waals surface area contributed by atoms with Crippen molar-refractivity contribution in [3.63, 3.8) is 0 Å². The average molecular weight is 262 g/mol. The molecule has 0 unspecified atom stereocenters. The van der Waals surface area contributed by atoms with Crippen LogP contribution in [-0.2, 0) is 18.6 Å². The van der Waals surface area contributed by atoms with Crippen LogP contribution in [-0.4, -0.2) is 19.7 Å². The van der Waals surface area contributed by atoms with Crippen LogP contribution in [0.4, 0.5) is 5.82 Å². The number of nitrogens with one attached hydrogen (secondary N) is 1. The maximum atomic E-state index is 5.54. The van der Waals surface area contributed by atoms with Gasteiger partial charge in [-0.15, -0.1) is 0 Å². The molecule has 0 aromatic carbocycles. The van der Waals surface area contributed by atoms with Crippen LogP contribution in [0.5, 0.6) is 0 Å². The predicted molar refractivity (Wildman–Crippen MR) is 71.8 cm³/mol. The van der Waals surface area contributed by atoms with Gasteiger partial charge in [0, 0.05) is 30.3 Å². The molecular formula is C11H14N6S. The smallest absolute Gasteiger partial charge is 0.165 e. The Labute approximate surface area is 109 Å². The molecule has 3 heterocycles. The first kappa shape index (κ1) is 11.5. The van der Waals surface area contributed by atoms with E-state index in [-0.39, 0.29) is 0 Å². The van der Waals surface area contributed by atoms with Crippen LogP contribution in [0, 0.1) is 6.92 Å². The molecule has 94 valence electrons. The van der Waals surface area contributed by atoms with E-state index in [0.717, 1.165) is 39.8 Å². The number of anilines is 1. The Kier molecular flexibility index (Phi) is 2.71. The quantitative estimate of drug-likeness (QED) is 0.625. The number of hydrazine groups is 1. The lowest BCUT2D eigenvalue weighted by molar-refractivity contribution is 0.756. The van der Waals surface area contributed by atoms with Gasteiger partial charge in [0.2, 0.25) is 0 Å². The lowest BCUT2D eigenvalue weighted by Gasteiger charge is -2.08. The lowest BCUT2D eigenvalue weighted by Crippen LogP contribution is -2.12. The number of aryl methyl sites for hydroxylation is 2. The van der Waals surface area contributed by atoms with E-state index in [4.69, 9.17) is 5.84 Å². The molecule has 0 fully saturated rings. The molecule has 6 nitrogen and oxygen atoms in total. The standard InChI is InChI=1S/C11H14N6S/c1-6-7(3-17(2)16-6)10-13-9-5-18-4-8(9)11(14-10)15-12/h3H,4-5,12H2,1-2H3,(H,13,14,15). The molecule has 1 aliphatic rings. The second-order valence-electron chi connectivity index (χ2n) is 4.26. The van der Waals surface area contributed by atoms with Crippen LogP contribution in [0.25, 0.3) is 11.4 Å². The predicted octanol–water partition coefficient (Wildman–Crippen LogP) is 1.22. The van der Waals surface area contributed by atoms with E-state index in [1.807, 2.05) is 31.9 Å². The van der Waals surface area contributed by atoms with Crippen LogP contribution in [0.1, 0.15) is 17.0 Å². The van der Waals surface area contributed by atoms with Crippen LogP contribution in [0.3, 0.4) is 0 Å². The molecule has 3 N–H and O–H groups in total. The van der Waals surface area contributed by atoms with Crippen molar-refractivity contribution in [3.05, 3.63) is 23.1 Å². The molecule has 0 radical (unpaired) electrons. The topological polar surface area (TPSA) is 81.7 Å². The fraction of sp³-hybridized carbons (Fsp3) is 0.364. The number of hydrogen-bond donors (Lipinski definition) is 2. The van der Waals surface area contributed by atoms with E-state index in [1.54, 1.807) is 4.68 Å². The Morgan fingerprint density at radius 3 is 2.89 bits per heavy atom. The van der Waals surface area contributed by atoms with E-state index in [1.165, 1.54) is 0 Å². The third-order valence-corrected chi connectivity index (χ3v) is 3.94. The van der Waals surface area contributed by atoms with Crippen molar-refractivity contribution < 1.29 is 0 Å². The van der Waals surface area contributed by atoms with Crippen LogP contribution >= 0.6 is 11.8 Å². The Hall–Kier alpha value is -1.60. The minimum Gasteiger partial charge on any atom is -0.308 e. The summed E-state index contributed by atoms with van der Waals surface area (Å²) >= 11 is 1.83. The van der Waals surface area contributed by atoms with Crippen molar-refractivity contribution in [2.45, 2.75) is 18.4 Å². The molecule has 0 saturated heterocycles. The Bertz CT molecular complexity index is 606. The van der Waals surface area contributed by atoms with Gasteiger partial charge in [-0.05, 0) is 6.92 Å². The van der Waals surface area contributed by atoms with E-state index >= 15 is 0 Å². The molecule has 0 aliphatic carbocycles. The second-order valence-corrected chi connectivity index (χ2v) is 5.25. The summed E-state index contributed by atoms with van der Waals surface area (Å²) < 4.78 is 1.77. The van der Waals surface area contributed by atoms with Gasteiger partial charge in [-0.2, -0.15) is 16.9 Å². The highest BCUT2D eigenvalue weighted by Gasteiger charge is 2.21. The molecule has 3 rings (SSSR count). The van der Waals surface area contributed by atoms with Gasteiger partial charge in [-0.25, -0.2) is 15.8 Å². The number of fused-ring (bicyclic) bond motifs is 1. The summed E-state index contributed by atoms with van der Waals surface area (Å²) in [5, 5.41) is 4.32. The summed E-state index contributed by atoms with van der Waals surface area (Å²) in [5.74, 6) is 8.79. The van der Waals surface area contributed by atoms with Crippen molar-refractivity contribution in [1.82, 2.24) is 19.7 Å². The van der Waals surface area contributed by atoms with Gasteiger partial charge in [0.15, 0.2) is 5.82 Å². The number of nitrogen functional groups attached to an aromatic ring is 1. The summed E-state index contributed by atoms with van der Waals surface area (Å²) in [5.41, 5.74) is 6.74. The zero-order chi connectivity index (χ0) is 12.7. The number of hydrogen-bond acceptors (Lipinski definition) is 6. The second kappa shape index (κ2) is 4.25. The maximum Gasteiger partial charge on any atom is 0.165 e. The van der Waals surface area contributed by atoms with Crippen molar-refractivity contribution >= 4 is 17.6 Å². The van der Waals surface area contributed by atoms with E-state index in [2.05, 4.69) is 20.5 Å². The van der Waals surface area contributed by atoms with Gasteiger partial charge >= 0.3 is 0 Å². The number of thioether (sulfide) groups is 1. The van der Waals surface area contributed by atoms with Gasteiger partial charge in [0.1, 0.15) is 5.82 Å². The first-order valence-electron chi connectivity index (χ1n) is 5.64. The summed E-state index contributed by atoms with van der Waals surface area (Å²) in [6, 6.07) is 0.